The molecule has 1 fully saturated rings. The number of hydrogen-bond acceptors (Lipinski definition) is 4. The van der Waals surface area contributed by atoms with Gasteiger partial charge in [0.15, 0.2) is 0 Å². The molecule has 1 aromatic carbocycles. The van der Waals surface area contributed by atoms with Crippen LogP contribution in [0.3, 0.4) is 0 Å². The molecular weight excluding hydrogens is 310 g/mol. The van der Waals surface area contributed by atoms with Gasteiger partial charge in [-0.15, -0.1) is 0 Å². The normalized spacial score (nSPS) is 20.5. The Morgan fingerprint density at radius 1 is 1.25 bits per heavy atom. The number of carboxylic acid groups (broad SMARTS) is 1. The average Bonchev–Trinajstić information content (AvgIpc) is 2.59. The van der Waals surface area contributed by atoms with Gasteiger partial charge in [0.05, 0.1) is 18.8 Å². The van der Waals surface area contributed by atoms with E-state index in [0.29, 0.717) is 26.1 Å². The van der Waals surface area contributed by atoms with E-state index in [9.17, 15) is 9.59 Å². The second-order valence-electron chi connectivity index (χ2n) is 5.97. The quantitative estimate of drug-likeness (QED) is 0.672. The Morgan fingerprint density at radius 2 is 2.04 bits per heavy atom. The summed E-state index contributed by atoms with van der Waals surface area (Å²) in [6.07, 6.45) is 3.47. The van der Waals surface area contributed by atoms with Crippen LogP contribution in [0.1, 0.15) is 31.2 Å². The van der Waals surface area contributed by atoms with Crippen molar-refractivity contribution in [2.75, 3.05) is 19.8 Å². The number of aryl methyl sites for hydroxylation is 1. The number of nitrogens with one attached hydrogen (secondary N) is 1. The van der Waals surface area contributed by atoms with Gasteiger partial charge in [-0.05, 0) is 31.2 Å². The number of hydrogen-bond donors (Lipinski definition) is 2. The Hall–Kier alpha value is -1.92. The lowest BCUT2D eigenvalue weighted by Crippen LogP contribution is -2.50. The first-order valence-electron chi connectivity index (χ1n) is 8.39. The van der Waals surface area contributed by atoms with Crippen molar-refractivity contribution in [1.29, 1.82) is 0 Å². The molecule has 1 amide bonds. The summed E-state index contributed by atoms with van der Waals surface area (Å²) in [5, 5.41) is 11.6. The molecule has 1 heterocycles. The minimum atomic E-state index is -1.01. The first-order chi connectivity index (χ1) is 11.6. The third-order valence-electron chi connectivity index (χ3n) is 4.02. The number of aliphatic carboxylic acids is 1. The minimum Gasteiger partial charge on any atom is -0.480 e. The van der Waals surface area contributed by atoms with Crippen molar-refractivity contribution in [2.45, 2.75) is 44.2 Å². The number of rotatable bonds is 9. The summed E-state index contributed by atoms with van der Waals surface area (Å²) < 4.78 is 10.7. The zero-order chi connectivity index (χ0) is 17.2. The van der Waals surface area contributed by atoms with Crippen LogP contribution in [0, 0.1) is 0 Å². The molecule has 1 aliphatic rings. The van der Waals surface area contributed by atoms with Gasteiger partial charge in [0.2, 0.25) is 5.91 Å². The van der Waals surface area contributed by atoms with E-state index in [-0.39, 0.29) is 24.7 Å². The molecule has 0 spiro atoms. The molecule has 1 aliphatic heterocycles. The molecule has 0 aromatic heterocycles. The minimum absolute atomic E-state index is 0.0394. The topological polar surface area (TPSA) is 84.9 Å². The van der Waals surface area contributed by atoms with Crippen molar-refractivity contribution in [2.24, 2.45) is 0 Å². The first kappa shape index (κ1) is 18.4. The van der Waals surface area contributed by atoms with Crippen LogP contribution < -0.4 is 5.32 Å². The van der Waals surface area contributed by atoms with Gasteiger partial charge in [-0.2, -0.15) is 0 Å². The van der Waals surface area contributed by atoms with E-state index < -0.39 is 5.97 Å². The summed E-state index contributed by atoms with van der Waals surface area (Å²) in [6, 6.07) is 9.92. The Labute approximate surface area is 142 Å². The van der Waals surface area contributed by atoms with Gasteiger partial charge >= 0.3 is 5.97 Å². The SMILES string of the molecule is O=C(O)CO[C@@H]1CCOC[C@@H]1NC(=O)CCCCc1ccccc1. The van der Waals surface area contributed by atoms with Gasteiger partial charge in [-0.3, -0.25) is 4.79 Å². The summed E-state index contributed by atoms with van der Waals surface area (Å²) in [6.45, 7) is 0.530. The lowest BCUT2D eigenvalue weighted by molar-refractivity contribution is -0.148. The van der Waals surface area contributed by atoms with Gasteiger partial charge in [0, 0.05) is 13.0 Å². The summed E-state index contributed by atoms with van der Waals surface area (Å²) in [7, 11) is 0. The van der Waals surface area contributed by atoms with Gasteiger partial charge in [0.25, 0.3) is 0 Å². The van der Waals surface area contributed by atoms with Crippen LogP contribution in [0.15, 0.2) is 30.3 Å². The number of carbonyl (C=O) groups excluding carboxylic acids is 1. The zero-order valence-electron chi connectivity index (χ0n) is 13.8. The first-order valence-corrected chi connectivity index (χ1v) is 8.39. The molecular formula is C18H25NO5. The lowest BCUT2D eigenvalue weighted by Gasteiger charge is -2.31. The van der Waals surface area contributed by atoms with Crippen molar-refractivity contribution >= 4 is 11.9 Å². The molecule has 1 saturated heterocycles. The van der Waals surface area contributed by atoms with E-state index in [4.69, 9.17) is 14.6 Å². The molecule has 2 atom stereocenters. The fourth-order valence-electron chi connectivity index (χ4n) is 2.77. The largest absolute Gasteiger partial charge is 0.480 e. The highest BCUT2D eigenvalue weighted by Gasteiger charge is 2.28. The molecule has 132 valence electrons. The maximum Gasteiger partial charge on any atom is 0.329 e. The second kappa shape index (κ2) is 10.1. The van der Waals surface area contributed by atoms with Crippen LogP contribution in [0.2, 0.25) is 0 Å². The number of ether oxygens (including phenoxy) is 2. The third kappa shape index (κ3) is 6.68. The van der Waals surface area contributed by atoms with Gasteiger partial charge in [-0.1, -0.05) is 30.3 Å². The van der Waals surface area contributed by atoms with Crippen LogP contribution in [-0.2, 0) is 25.5 Å². The van der Waals surface area contributed by atoms with Crippen LogP contribution in [0.4, 0.5) is 0 Å². The van der Waals surface area contributed by atoms with Gasteiger partial charge in [-0.25, -0.2) is 4.79 Å². The maximum atomic E-state index is 12.1. The second-order valence-corrected chi connectivity index (χ2v) is 5.97. The Bertz CT molecular complexity index is 519. The molecule has 0 radical (unpaired) electrons. The van der Waals surface area contributed by atoms with Crippen molar-refractivity contribution in [3.8, 4) is 0 Å². The molecule has 6 nitrogen and oxygen atoms in total. The van der Waals surface area contributed by atoms with Gasteiger partial charge in [0.1, 0.15) is 6.61 Å². The van der Waals surface area contributed by atoms with E-state index in [1.165, 1.54) is 5.56 Å². The van der Waals surface area contributed by atoms with Crippen LogP contribution >= 0.6 is 0 Å². The predicted molar refractivity (Wildman–Crippen MR) is 88.7 cm³/mol. The number of benzene rings is 1. The van der Waals surface area contributed by atoms with E-state index in [1.54, 1.807) is 0 Å². The Kier molecular flexibility index (Phi) is 7.71. The predicted octanol–water partition coefficient (Wildman–Crippen LogP) is 1.77. The molecule has 2 N–H and O–H groups in total. The standard InChI is InChI=1S/C18H25NO5/c20-17(9-5-4-8-14-6-2-1-3-7-14)19-15-12-23-11-10-16(15)24-13-18(21)22/h1-3,6-7,15-16H,4-5,8-13H2,(H,19,20)(H,21,22)/t15-,16+/m0/s1. The highest BCUT2D eigenvalue weighted by Crippen LogP contribution is 2.13. The number of unbranched alkanes of at least 4 members (excludes halogenated alkanes) is 1. The van der Waals surface area contributed by atoms with E-state index in [1.807, 2.05) is 18.2 Å². The van der Waals surface area contributed by atoms with Crippen molar-refractivity contribution in [3.05, 3.63) is 35.9 Å². The van der Waals surface area contributed by atoms with E-state index >= 15 is 0 Å². The molecule has 0 saturated carbocycles. The van der Waals surface area contributed by atoms with E-state index in [0.717, 1.165) is 19.3 Å². The van der Waals surface area contributed by atoms with Crippen molar-refractivity contribution < 1.29 is 24.2 Å². The summed E-state index contributed by atoms with van der Waals surface area (Å²) in [5.41, 5.74) is 1.28. The molecule has 0 aliphatic carbocycles. The fourth-order valence-corrected chi connectivity index (χ4v) is 2.77. The summed E-state index contributed by atoms with van der Waals surface area (Å²) >= 11 is 0. The van der Waals surface area contributed by atoms with Crippen LogP contribution in [0.5, 0.6) is 0 Å². The highest BCUT2D eigenvalue weighted by molar-refractivity contribution is 5.76. The Balaban J connectivity index is 1.67. The number of amides is 1. The molecule has 1 aromatic rings. The number of carbonyl (C=O) groups is 2. The molecule has 6 heteroatoms. The monoisotopic (exact) mass is 335 g/mol. The molecule has 0 bridgehead atoms. The smallest absolute Gasteiger partial charge is 0.329 e. The van der Waals surface area contributed by atoms with Gasteiger partial charge < -0.3 is 19.9 Å². The maximum absolute atomic E-state index is 12.1. The number of carboxylic acids is 1. The average molecular weight is 335 g/mol. The highest BCUT2D eigenvalue weighted by atomic mass is 16.5. The van der Waals surface area contributed by atoms with Crippen LogP contribution in [0.25, 0.3) is 0 Å². The van der Waals surface area contributed by atoms with Crippen molar-refractivity contribution in [3.63, 3.8) is 0 Å². The van der Waals surface area contributed by atoms with Crippen LogP contribution in [-0.4, -0.2) is 48.9 Å². The Morgan fingerprint density at radius 3 is 2.79 bits per heavy atom. The fraction of sp³-hybridized carbons (Fsp3) is 0.556. The third-order valence-corrected chi connectivity index (χ3v) is 4.02. The summed E-state index contributed by atoms with van der Waals surface area (Å²) in [4.78, 5) is 22.7. The summed E-state index contributed by atoms with van der Waals surface area (Å²) in [5.74, 6) is -1.05. The molecule has 2 rings (SSSR count). The lowest BCUT2D eigenvalue weighted by atomic mass is 10.0. The molecule has 0 unspecified atom stereocenters. The van der Waals surface area contributed by atoms with E-state index in [2.05, 4.69) is 17.4 Å². The zero-order valence-corrected chi connectivity index (χ0v) is 13.8. The van der Waals surface area contributed by atoms with Crippen molar-refractivity contribution in [1.82, 2.24) is 5.32 Å². The molecule has 24 heavy (non-hydrogen) atoms.